The highest BCUT2D eigenvalue weighted by Crippen LogP contribution is 2.29. The molecule has 0 aliphatic carbocycles. The zero-order chi connectivity index (χ0) is 21.9. The van der Waals surface area contributed by atoms with Crippen molar-refractivity contribution < 1.29 is 18.7 Å². The minimum absolute atomic E-state index is 0.0324. The smallest absolute Gasteiger partial charge is 0.233 e. The van der Waals surface area contributed by atoms with E-state index in [0.29, 0.717) is 39.6 Å². The van der Waals surface area contributed by atoms with Crippen molar-refractivity contribution in [3.8, 4) is 5.75 Å². The standard InChI is InChI=1S/C19H25FN4O3S3/c1-4-8-21-16(25)11-28-18-22-23-19(30-18)29-12-17(26)24(5-2)10-13-6-7-15(27-3)14(20)9-13/h6-7,9H,4-5,8,10-12H2,1-3H3,(H,21,25). The Bertz CT molecular complexity index is 850. The second-order valence-corrected chi connectivity index (χ2v) is 9.56. The van der Waals surface area contributed by atoms with Crippen LogP contribution in [0.3, 0.4) is 0 Å². The lowest BCUT2D eigenvalue weighted by Crippen LogP contribution is -2.31. The third kappa shape index (κ3) is 7.77. The van der Waals surface area contributed by atoms with Gasteiger partial charge in [0.15, 0.2) is 20.2 Å². The number of benzene rings is 1. The van der Waals surface area contributed by atoms with Crippen molar-refractivity contribution in [1.29, 1.82) is 0 Å². The van der Waals surface area contributed by atoms with Crippen LogP contribution in [0.2, 0.25) is 0 Å². The molecule has 0 unspecified atom stereocenters. The number of nitrogens with zero attached hydrogens (tertiary/aromatic N) is 3. The first-order valence-corrected chi connectivity index (χ1v) is 12.2. The highest BCUT2D eigenvalue weighted by atomic mass is 32.2. The van der Waals surface area contributed by atoms with Gasteiger partial charge in [0, 0.05) is 19.6 Å². The first-order chi connectivity index (χ1) is 14.5. The summed E-state index contributed by atoms with van der Waals surface area (Å²) in [4.78, 5) is 25.9. The molecule has 2 rings (SSSR count). The lowest BCUT2D eigenvalue weighted by Gasteiger charge is -2.21. The van der Waals surface area contributed by atoms with Gasteiger partial charge < -0.3 is 15.0 Å². The van der Waals surface area contributed by atoms with E-state index in [9.17, 15) is 14.0 Å². The van der Waals surface area contributed by atoms with Crippen LogP contribution in [0, 0.1) is 5.82 Å². The van der Waals surface area contributed by atoms with Crippen LogP contribution < -0.4 is 10.1 Å². The Kier molecular flexibility index (Phi) is 10.4. The van der Waals surface area contributed by atoms with E-state index in [1.54, 1.807) is 17.0 Å². The van der Waals surface area contributed by atoms with Crippen LogP contribution >= 0.6 is 34.9 Å². The van der Waals surface area contributed by atoms with Crippen molar-refractivity contribution in [2.24, 2.45) is 0 Å². The fourth-order valence-corrected chi connectivity index (χ4v) is 5.13. The molecule has 0 aliphatic rings. The van der Waals surface area contributed by atoms with E-state index in [1.165, 1.54) is 48.0 Å². The molecule has 0 saturated heterocycles. The van der Waals surface area contributed by atoms with Crippen molar-refractivity contribution in [2.45, 2.75) is 35.5 Å². The maximum atomic E-state index is 13.9. The molecule has 2 aromatic rings. The molecule has 1 heterocycles. The van der Waals surface area contributed by atoms with Crippen LogP contribution in [0.1, 0.15) is 25.8 Å². The van der Waals surface area contributed by atoms with E-state index < -0.39 is 5.82 Å². The van der Waals surface area contributed by atoms with Gasteiger partial charge in [-0.2, -0.15) is 0 Å². The summed E-state index contributed by atoms with van der Waals surface area (Å²) >= 11 is 4.00. The number of ether oxygens (including phenoxy) is 1. The average Bonchev–Trinajstić information content (AvgIpc) is 3.20. The molecule has 0 bridgehead atoms. The van der Waals surface area contributed by atoms with Crippen molar-refractivity contribution in [2.75, 3.05) is 31.7 Å². The third-order valence-electron chi connectivity index (χ3n) is 3.93. The highest BCUT2D eigenvalue weighted by molar-refractivity contribution is 8.03. The Balaban J connectivity index is 1.83. The van der Waals surface area contributed by atoms with Crippen LogP contribution in [0.4, 0.5) is 4.39 Å². The van der Waals surface area contributed by atoms with Gasteiger partial charge in [-0.25, -0.2) is 4.39 Å². The Hall–Kier alpha value is -1.85. The van der Waals surface area contributed by atoms with Crippen LogP contribution in [0.5, 0.6) is 5.75 Å². The Morgan fingerprint density at radius 2 is 1.90 bits per heavy atom. The maximum Gasteiger partial charge on any atom is 0.233 e. The number of amides is 2. The summed E-state index contributed by atoms with van der Waals surface area (Å²) in [6.07, 6.45) is 0.895. The lowest BCUT2D eigenvalue weighted by atomic mass is 10.2. The zero-order valence-electron chi connectivity index (χ0n) is 17.1. The molecule has 0 radical (unpaired) electrons. The molecule has 1 aromatic carbocycles. The van der Waals surface area contributed by atoms with Gasteiger partial charge in [0.1, 0.15) is 0 Å². The van der Waals surface area contributed by atoms with Crippen molar-refractivity contribution >= 4 is 46.7 Å². The number of halogens is 1. The van der Waals surface area contributed by atoms with Gasteiger partial charge in [-0.3, -0.25) is 9.59 Å². The summed E-state index contributed by atoms with van der Waals surface area (Å²) in [5.74, 6) is 0.131. The third-order valence-corrected chi connectivity index (χ3v) is 7.10. The van der Waals surface area contributed by atoms with Crippen molar-refractivity contribution in [3.63, 3.8) is 0 Å². The number of carbonyl (C=O) groups is 2. The van der Waals surface area contributed by atoms with Crippen LogP contribution in [0.25, 0.3) is 0 Å². The molecule has 2 amide bonds. The quantitative estimate of drug-likeness (QED) is 0.474. The molecule has 0 atom stereocenters. The minimum atomic E-state index is -0.449. The van der Waals surface area contributed by atoms with Crippen LogP contribution in [-0.4, -0.2) is 58.6 Å². The first-order valence-electron chi connectivity index (χ1n) is 9.42. The number of thioether (sulfide) groups is 2. The molecule has 30 heavy (non-hydrogen) atoms. The summed E-state index contributed by atoms with van der Waals surface area (Å²) < 4.78 is 20.2. The van der Waals surface area contributed by atoms with E-state index in [-0.39, 0.29) is 23.3 Å². The monoisotopic (exact) mass is 472 g/mol. The topological polar surface area (TPSA) is 84.4 Å². The molecule has 0 saturated carbocycles. The van der Waals surface area contributed by atoms with Gasteiger partial charge in [0.05, 0.1) is 18.6 Å². The molecule has 0 fully saturated rings. The summed E-state index contributed by atoms with van der Waals surface area (Å²) in [6, 6.07) is 4.68. The van der Waals surface area contributed by atoms with Gasteiger partial charge in [0.25, 0.3) is 0 Å². The number of methoxy groups -OCH3 is 1. The van der Waals surface area contributed by atoms with E-state index in [4.69, 9.17) is 4.74 Å². The van der Waals surface area contributed by atoms with Crippen LogP contribution in [-0.2, 0) is 16.1 Å². The van der Waals surface area contributed by atoms with Crippen molar-refractivity contribution in [1.82, 2.24) is 20.4 Å². The molecule has 0 spiro atoms. The molecule has 0 aliphatic heterocycles. The summed E-state index contributed by atoms with van der Waals surface area (Å²) in [7, 11) is 1.41. The molecular weight excluding hydrogens is 447 g/mol. The predicted molar refractivity (Wildman–Crippen MR) is 119 cm³/mol. The number of hydrogen-bond acceptors (Lipinski definition) is 8. The normalized spacial score (nSPS) is 10.7. The zero-order valence-corrected chi connectivity index (χ0v) is 19.6. The molecule has 1 N–H and O–H groups in total. The van der Waals surface area contributed by atoms with Crippen molar-refractivity contribution in [3.05, 3.63) is 29.6 Å². The first kappa shape index (κ1) is 24.4. The average molecular weight is 473 g/mol. The minimum Gasteiger partial charge on any atom is -0.494 e. The Labute approximate surface area is 188 Å². The second-order valence-electron chi connectivity index (χ2n) is 6.14. The summed E-state index contributed by atoms with van der Waals surface area (Å²) in [5.41, 5.74) is 0.699. The number of aromatic nitrogens is 2. The number of rotatable bonds is 12. The molecule has 11 heteroatoms. The SMILES string of the molecule is CCCNC(=O)CSc1nnc(SCC(=O)N(CC)Cc2ccc(OC)c(F)c2)s1. The van der Waals surface area contributed by atoms with Gasteiger partial charge in [-0.1, -0.05) is 47.9 Å². The summed E-state index contributed by atoms with van der Waals surface area (Å²) in [6.45, 7) is 5.37. The van der Waals surface area contributed by atoms with E-state index in [2.05, 4.69) is 15.5 Å². The van der Waals surface area contributed by atoms with Gasteiger partial charge in [-0.15, -0.1) is 10.2 Å². The van der Waals surface area contributed by atoms with Gasteiger partial charge in [0.2, 0.25) is 11.8 Å². The maximum absolute atomic E-state index is 13.9. The van der Waals surface area contributed by atoms with E-state index in [1.807, 2.05) is 13.8 Å². The molecule has 1 aromatic heterocycles. The van der Waals surface area contributed by atoms with Gasteiger partial charge >= 0.3 is 0 Å². The fourth-order valence-electron chi connectivity index (χ4n) is 2.38. The lowest BCUT2D eigenvalue weighted by molar-refractivity contribution is -0.128. The largest absolute Gasteiger partial charge is 0.494 e. The fraction of sp³-hybridized carbons (Fsp3) is 0.474. The number of carbonyl (C=O) groups excluding carboxylic acids is 2. The highest BCUT2D eigenvalue weighted by Gasteiger charge is 2.16. The van der Waals surface area contributed by atoms with E-state index in [0.717, 1.165) is 6.42 Å². The second kappa shape index (κ2) is 12.8. The Morgan fingerprint density at radius 3 is 2.50 bits per heavy atom. The number of hydrogen-bond donors (Lipinski definition) is 1. The van der Waals surface area contributed by atoms with E-state index >= 15 is 0 Å². The van der Waals surface area contributed by atoms with Crippen LogP contribution in [0.15, 0.2) is 26.9 Å². The Morgan fingerprint density at radius 1 is 1.20 bits per heavy atom. The number of nitrogens with one attached hydrogen (secondary N) is 1. The molecule has 164 valence electrons. The summed E-state index contributed by atoms with van der Waals surface area (Å²) in [5, 5.41) is 10.9. The predicted octanol–water partition coefficient (Wildman–Crippen LogP) is 3.44. The molecule has 7 nitrogen and oxygen atoms in total. The van der Waals surface area contributed by atoms with Gasteiger partial charge in [-0.05, 0) is 31.0 Å². The molecular formula is C19H25FN4O3S3.